The largest absolute Gasteiger partial charge is 0.494 e. The van der Waals surface area contributed by atoms with Gasteiger partial charge in [-0.05, 0) is 99.3 Å². The van der Waals surface area contributed by atoms with Crippen LogP contribution in [0.2, 0.25) is 0 Å². The summed E-state index contributed by atoms with van der Waals surface area (Å²) in [4.78, 5) is 0. The summed E-state index contributed by atoms with van der Waals surface area (Å²) >= 11 is 6.66. The summed E-state index contributed by atoms with van der Waals surface area (Å²) in [6.45, 7) is 5.28. The molecular weight excluding hydrogens is 448 g/mol. The quantitative estimate of drug-likeness (QED) is 0.402. The maximum absolute atomic E-state index is 5.96. The molecule has 0 unspecified atom stereocenters. The van der Waals surface area contributed by atoms with Gasteiger partial charge in [-0.3, -0.25) is 0 Å². The Labute approximate surface area is 166 Å². The van der Waals surface area contributed by atoms with E-state index in [1.807, 2.05) is 55.5 Å². The Bertz CT molecular complexity index is 693. The van der Waals surface area contributed by atoms with Gasteiger partial charge in [0.05, 0.1) is 10.00 Å². The third kappa shape index (κ3) is 6.75. The lowest BCUT2D eigenvalue weighted by Gasteiger charge is -2.13. The third-order valence-electron chi connectivity index (χ3n) is 3.40. The van der Waals surface area contributed by atoms with Crippen LogP contribution in [0.5, 0.6) is 23.0 Å². The van der Waals surface area contributed by atoms with Gasteiger partial charge in [-0.2, -0.15) is 0 Å². The normalized spacial score (nSPS) is 10.2. The Balaban J connectivity index is 2.10. The van der Waals surface area contributed by atoms with E-state index in [-0.39, 0.29) is 0 Å². The van der Waals surface area contributed by atoms with Gasteiger partial charge in [-0.25, -0.2) is 0 Å². The molecule has 3 nitrogen and oxygen atoms in total. The molecule has 134 valence electrons. The van der Waals surface area contributed by atoms with Crippen molar-refractivity contribution >= 4 is 31.9 Å². The molecule has 0 aliphatic rings. The molecule has 2 aromatic rings. The maximum atomic E-state index is 5.96. The first-order chi connectivity index (χ1) is 12.1. The Morgan fingerprint density at radius 1 is 0.920 bits per heavy atom. The number of rotatable bonds is 9. The van der Waals surface area contributed by atoms with Gasteiger partial charge in [0, 0.05) is 0 Å². The van der Waals surface area contributed by atoms with Gasteiger partial charge < -0.3 is 14.2 Å². The maximum Gasteiger partial charge on any atom is 0.127 e. The highest BCUT2D eigenvalue weighted by Gasteiger charge is 2.07. The molecule has 0 aliphatic carbocycles. The van der Waals surface area contributed by atoms with E-state index in [1.165, 1.54) is 0 Å². The molecular formula is C20H22Br2O3. The number of halogens is 2. The van der Waals surface area contributed by atoms with Gasteiger partial charge >= 0.3 is 0 Å². The van der Waals surface area contributed by atoms with E-state index >= 15 is 0 Å². The smallest absolute Gasteiger partial charge is 0.127 e. The number of hydrogen-bond acceptors (Lipinski definition) is 3. The zero-order valence-electron chi connectivity index (χ0n) is 14.4. The van der Waals surface area contributed by atoms with Crippen LogP contribution in [-0.4, -0.2) is 13.2 Å². The lowest BCUT2D eigenvalue weighted by molar-refractivity contribution is 0.339. The Kier molecular flexibility index (Phi) is 8.35. The summed E-state index contributed by atoms with van der Waals surface area (Å²) < 4.78 is 18.1. The summed E-state index contributed by atoms with van der Waals surface area (Å²) in [6.07, 6.45) is 3.90. The van der Waals surface area contributed by atoms with Crippen molar-refractivity contribution in [1.29, 1.82) is 0 Å². The second kappa shape index (κ2) is 10.5. The molecule has 2 aromatic carbocycles. The van der Waals surface area contributed by atoms with Gasteiger partial charge in [-0.15, -0.1) is 0 Å². The second-order valence-corrected chi connectivity index (χ2v) is 8.10. The van der Waals surface area contributed by atoms with E-state index in [2.05, 4.69) is 38.8 Å². The van der Waals surface area contributed by atoms with Crippen LogP contribution >= 0.6 is 31.9 Å². The van der Waals surface area contributed by atoms with Crippen LogP contribution in [0, 0.1) is 0 Å². The first kappa shape index (κ1) is 19.9. The van der Waals surface area contributed by atoms with Crippen molar-refractivity contribution in [3.05, 3.63) is 57.5 Å². The molecule has 0 spiro atoms. The molecule has 0 heterocycles. The van der Waals surface area contributed by atoms with Crippen molar-refractivity contribution in [3.8, 4) is 23.0 Å². The Morgan fingerprint density at radius 2 is 1.60 bits per heavy atom. The number of hydrogen-bond donors (Lipinski definition) is 0. The highest BCUT2D eigenvalue weighted by Crippen LogP contribution is 2.30. The summed E-state index contributed by atoms with van der Waals surface area (Å²) in [7, 11) is 0. The fraction of sp³-hybridized carbons (Fsp3) is 0.300. The van der Waals surface area contributed by atoms with Crippen molar-refractivity contribution in [2.45, 2.75) is 26.7 Å². The zero-order valence-corrected chi connectivity index (χ0v) is 17.6. The predicted molar refractivity (Wildman–Crippen MR) is 110 cm³/mol. The minimum absolute atomic E-state index is 0.502. The minimum atomic E-state index is 0.502. The molecule has 0 fully saturated rings. The summed E-state index contributed by atoms with van der Waals surface area (Å²) in [5.74, 6) is 3.32. The van der Waals surface area contributed by atoms with Crippen LogP contribution < -0.4 is 14.2 Å². The zero-order chi connectivity index (χ0) is 18.1. The van der Waals surface area contributed by atoms with Crippen molar-refractivity contribution in [2.24, 2.45) is 0 Å². The van der Waals surface area contributed by atoms with Crippen LogP contribution in [0.3, 0.4) is 0 Å². The monoisotopic (exact) mass is 468 g/mol. The average Bonchev–Trinajstić information content (AvgIpc) is 2.59. The predicted octanol–water partition coefficient (Wildman–Crippen LogP) is 6.84. The van der Waals surface area contributed by atoms with Crippen LogP contribution in [0.15, 0.2) is 51.9 Å². The topological polar surface area (TPSA) is 27.7 Å². The molecule has 0 aliphatic heterocycles. The standard InChI is InChI=1S/C20H22Br2O3/c1-3-5-15-14-18(10-11-19(15)24-13-12-20(21)22)25-17-8-6-16(7-9-17)23-4-2/h6-12,14H,3-5,13H2,1-2H3. The highest BCUT2D eigenvalue weighted by atomic mass is 79.9. The van der Waals surface area contributed by atoms with Gasteiger partial charge in [0.15, 0.2) is 0 Å². The molecule has 0 saturated heterocycles. The lowest BCUT2D eigenvalue weighted by atomic mass is 10.1. The third-order valence-corrected chi connectivity index (χ3v) is 4.05. The molecule has 0 amide bonds. The van der Waals surface area contributed by atoms with Gasteiger partial charge in [0.1, 0.15) is 29.6 Å². The fourth-order valence-electron chi connectivity index (χ4n) is 2.33. The molecule has 2 rings (SSSR count). The van der Waals surface area contributed by atoms with Gasteiger partial charge in [-0.1, -0.05) is 13.3 Å². The first-order valence-corrected chi connectivity index (χ1v) is 9.88. The Hall–Kier alpha value is -1.46. The summed E-state index contributed by atoms with van der Waals surface area (Å²) in [6, 6.07) is 13.6. The molecule has 0 atom stereocenters. The van der Waals surface area contributed by atoms with E-state index < -0.39 is 0 Å². The molecule has 5 heteroatoms. The molecule has 0 aromatic heterocycles. The second-order valence-electron chi connectivity index (χ2n) is 5.33. The van der Waals surface area contributed by atoms with Crippen LogP contribution in [0.4, 0.5) is 0 Å². The number of ether oxygens (including phenoxy) is 3. The first-order valence-electron chi connectivity index (χ1n) is 8.30. The van der Waals surface area contributed by atoms with E-state index in [1.54, 1.807) is 0 Å². The molecule has 0 N–H and O–H groups in total. The SMILES string of the molecule is CCCc1cc(Oc2ccc(OCC)cc2)ccc1OCC=C(Br)Br. The molecule has 0 radical (unpaired) electrons. The Morgan fingerprint density at radius 3 is 2.24 bits per heavy atom. The van der Waals surface area contributed by atoms with Gasteiger partial charge in [0.2, 0.25) is 0 Å². The highest BCUT2D eigenvalue weighted by molar-refractivity contribution is 9.28. The van der Waals surface area contributed by atoms with E-state index in [4.69, 9.17) is 14.2 Å². The van der Waals surface area contributed by atoms with Crippen LogP contribution in [-0.2, 0) is 6.42 Å². The minimum Gasteiger partial charge on any atom is -0.494 e. The van der Waals surface area contributed by atoms with Crippen molar-refractivity contribution < 1.29 is 14.2 Å². The van der Waals surface area contributed by atoms with E-state index in [0.29, 0.717) is 13.2 Å². The number of benzene rings is 2. The van der Waals surface area contributed by atoms with Crippen molar-refractivity contribution in [3.63, 3.8) is 0 Å². The molecule has 25 heavy (non-hydrogen) atoms. The van der Waals surface area contributed by atoms with Crippen LogP contribution in [0.25, 0.3) is 0 Å². The average molecular weight is 470 g/mol. The van der Waals surface area contributed by atoms with Gasteiger partial charge in [0.25, 0.3) is 0 Å². The summed E-state index contributed by atoms with van der Waals surface area (Å²) in [5, 5.41) is 0. The molecule has 0 saturated carbocycles. The van der Waals surface area contributed by atoms with Crippen molar-refractivity contribution in [1.82, 2.24) is 0 Å². The number of aryl methyl sites for hydroxylation is 1. The van der Waals surface area contributed by atoms with Crippen LogP contribution in [0.1, 0.15) is 25.8 Å². The van der Waals surface area contributed by atoms with E-state index in [0.717, 1.165) is 44.8 Å². The fourth-order valence-corrected chi connectivity index (χ4v) is 2.59. The molecule has 0 bridgehead atoms. The lowest BCUT2D eigenvalue weighted by Crippen LogP contribution is -1.98. The van der Waals surface area contributed by atoms with Crippen molar-refractivity contribution in [2.75, 3.05) is 13.2 Å². The summed E-state index contributed by atoms with van der Waals surface area (Å²) in [5.41, 5.74) is 1.14. The van der Waals surface area contributed by atoms with E-state index in [9.17, 15) is 0 Å².